The minimum atomic E-state index is 0.187. The van der Waals surface area contributed by atoms with E-state index in [1.807, 2.05) is 18.9 Å². The van der Waals surface area contributed by atoms with Gasteiger partial charge in [-0.15, -0.1) is 0 Å². The summed E-state index contributed by atoms with van der Waals surface area (Å²) in [5.41, 5.74) is 0. The van der Waals surface area contributed by atoms with Crippen LogP contribution in [0.3, 0.4) is 0 Å². The summed E-state index contributed by atoms with van der Waals surface area (Å²) in [6.45, 7) is 7.30. The molecule has 0 radical (unpaired) electrons. The lowest BCUT2D eigenvalue weighted by Gasteiger charge is -2.29. The van der Waals surface area contributed by atoms with E-state index in [0.717, 1.165) is 32.5 Å². The lowest BCUT2D eigenvalue weighted by Crippen LogP contribution is -2.40. The van der Waals surface area contributed by atoms with Gasteiger partial charge in [-0.05, 0) is 38.3 Å². The van der Waals surface area contributed by atoms with Gasteiger partial charge in [-0.25, -0.2) is 0 Å². The quantitative estimate of drug-likeness (QED) is 0.776. The van der Waals surface area contributed by atoms with E-state index in [1.54, 1.807) is 0 Å². The van der Waals surface area contributed by atoms with Gasteiger partial charge in [0.15, 0.2) is 0 Å². The van der Waals surface area contributed by atoms with Crippen molar-refractivity contribution >= 4 is 5.91 Å². The number of hydrogen-bond acceptors (Lipinski definition) is 2. The second kappa shape index (κ2) is 6.89. The van der Waals surface area contributed by atoms with E-state index in [0.29, 0.717) is 11.8 Å². The molecule has 1 N–H and O–H groups in total. The molecule has 0 aromatic heterocycles. The maximum absolute atomic E-state index is 12.0. The van der Waals surface area contributed by atoms with Crippen molar-refractivity contribution < 1.29 is 4.79 Å². The van der Waals surface area contributed by atoms with Crippen molar-refractivity contribution in [2.75, 3.05) is 26.7 Å². The van der Waals surface area contributed by atoms with Gasteiger partial charge in [0.2, 0.25) is 5.91 Å². The van der Waals surface area contributed by atoms with Crippen molar-refractivity contribution in [3.63, 3.8) is 0 Å². The van der Waals surface area contributed by atoms with Crippen LogP contribution in [0.25, 0.3) is 0 Å². The average Bonchev–Trinajstić information content (AvgIpc) is 2.29. The van der Waals surface area contributed by atoms with Crippen molar-refractivity contribution in [1.82, 2.24) is 10.2 Å². The van der Waals surface area contributed by atoms with Gasteiger partial charge in [-0.3, -0.25) is 4.79 Å². The Kier molecular flexibility index (Phi) is 5.81. The van der Waals surface area contributed by atoms with Crippen LogP contribution >= 0.6 is 0 Å². The summed E-state index contributed by atoms with van der Waals surface area (Å²) in [7, 11) is 1.95. The SMILES string of the molecule is CCCC(C)C(=O)N(C)CC1CCCNC1. The highest BCUT2D eigenvalue weighted by Crippen LogP contribution is 2.14. The van der Waals surface area contributed by atoms with E-state index in [2.05, 4.69) is 12.2 Å². The molecule has 1 saturated heterocycles. The third-order valence-corrected chi connectivity index (χ3v) is 3.45. The van der Waals surface area contributed by atoms with Crippen LogP contribution in [0.2, 0.25) is 0 Å². The van der Waals surface area contributed by atoms with Gasteiger partial charge in [0, 0.05) is 19.5 Å². The number of nitrogens with zero attached hydrogens (tertiary/aromatic N) is 1. The Hall–Kier alpha value is -0.570. The molecule has 1 amide bonds. The van der Waals surface area contributed by atoms with Crippen molar-refractivity contribution in [1.29, 1.82) is 0 Å². The molecule has 0 aromatic rings. The van der Waals surface area contributed by atoms with Crippen LogP contribution in [-0.2, 0) is 4.79 Å². The molecule has 16 heavy (non-hydrogen) atoms. The molecule has 94 valence electrons. The fraction of sp³-hybridized carbons (Fsp3) is 0.923. The van der Waals surface area contributed by atoms with Crippen LogP contribution in [0.1, 0.15) is 39.5 Å². The third kappa shape index (κ3) is 4.12. The van der Waals surface area contributed by atoms with Crippen molar-refractivity contribution in [2.24, 2.45) is 11.8 Å². The van der Waals surface area contributed by atoms with Crippen molar-refractivity contribution in [2.45, 2.75) is 39.5 Å². The summed E-state index contributed by atoms with van der Waals surface area (Å²) < 4.78 is 0. The Morgan fingerprint density at radius 1 is 1.56 bits per heavy atom. The monoisotopic (exact) mass is 226 g/mol. The number of carbonyl (C=O) groups is 1. The first-order valence-corrected chi connectivity index (χ1v) is 6.60. The summed E-state index contributed by atoms with van der Waals surface area (Å²) >= 11 is 0. The second-order valence-corrected chi connectivity index (χ2v) is 5.12. The first kappa shape index (κ1) is 13.5. The highest BCUT2D eigenvalue weighted by molar-refractivity contribution is 5.78. The number of hydrogen-bond donors (Lipinski definition) is 1. The lowest BCUT2D eigenvalue weighted by molar-refractivity contribution is -0.134. The van der Waals surface area contributed by atoms with Gasteiger partial charge in [0.25, 0.3) is 0 Å². The molecule has 1 aliphatic heterocycles. The van der Waals surface area contributed by atoms with Crippen molar-refractivity contribution in [3.8, 4) is 0 Å². The molecule has 2 atom stereocenters. The minimum absolute atomic E-state index is 0.187. The van der Waals surface area contributed by atoms with E-state index >= 15 is 0 Å². The van der Waals surface area contributed by atoms with Gasteiger partial charge < -0.3 is 10.2 Å². The van der Waals surface area contributed by atoms with E-state index < -0.39 is 0 Å². The van der Waals surface area contributed by atoms with Crippen LogP contribution < -0.4 is 5.32 Å². The third-order valence-electron chi connectivity index (χ3n) is 3.45. The number of amides is 1. The molecule has 1 aliphatic rings. The highest BCUT2D eigenvalue weighted by atomic mass is 16.2. The second-order valence-electron chi connectivity index (χ2n) is 5.12. The minimum Gasteiger partial charge on any atom is -0.345 e. The van der Waals surface area contributed by atoms with Crippen LogP contribution in [0.15, 0.2) is 0 Å². The van der Waals surface area contributed by atoms with E-state index in [9.17, 15) is 4.79 Å². The summed E-state index contributed by atoms with van der Waals surface area (Å²) in [6.07, 6.45) is 4.60. The summed E-state index contributed by atoms with van der Waals surface area (Å²) in [5, 5.41) is 3.40. The zero-order valence-electron chi connectivity index (χ0n) is 11.0. The van der Waals surface area contributed by atoms with E-state index in [1.165, 1.54) is 12.8 Å². The molecule has 3 nitrogen and oxygen atoms in total. The zero-order valence-corrected chi connectivity index (χ0v) is 11.0. The Balaban J connectivity index is 2.32. The van der Waals surface area contributed by atoms with Gasteiger partial charge >= 0.3 is 0 Å². The molecule has 3 heteroatoms. The molecule has 1 heterocycles. The molecule has 0 spiro atoms. The number of nitrogens with one attached hydrogen (secondary N) is 1. The molecule has 0 bridgehead atoms. The summed E-state index contributed by atoms with van der Waals surface area (Å²) in [5.74, 6) is 1.15. The van der Waals surface area contributed by atoms with Gasteiger partial charge in [-0.1, -0.05) is 20.3 Å². The maximum Gasteiger partial charge on any atom is 0.225 e. The molecule has 0 aromatic carbocycles. The Labute approximate surface area is 99.6 Å². The smallest absolute Gasteiger partial charge is 0.225 e. The summed E-state index contributed by atoms with van der Waals surface area (Å²) in [6, 6.07) is 0. The highest BCUT2D eigenvalue weighted by Gasteiger charge is 2.21. The number of piperidine rings is 1. The standard InChI is InChI=1S/C13H26N2O/c1-4-6-11(2)13(16)15(3)10-12-7-5-8-14-9-12/h11-12,14H,4-10H2,1-3H3. The number of carbonyl (C=O) groups excluding carboxylic acids is 1. The maximum atomic E-state index is 12.0. The molecule has 1 fully saturated rings. The predicted molar refractivity (Wildman–Crippen MR) is 67.3 cm³/mol. The Morgan fingerprint density at radius 3 is 2.88 bits per heavy atom. The normalized spacial score (nSPS) is 22.8. The van der Waals surface area contributed by atoms with Gasteiger partial charge in [-0.2, -0.15) is 0 Å². The molecule has 0 saturated carbocycles. The van der Waals surface area contributed by atoms with Gasteiger partial charge in [0.05, 0.1) is 0 Å². The van der Waals surface area contributed by atoms with Gasteiger partial charge in [0.1, 0.15) is 0 Å². The largest absolute Gasteiger partial charge is 0.345 e. The topological polar surface area (TPSA) is 32.3 Å². The fourth-order valence-electron chi connectivity index (χ4n) is 2.49. The van der Waals surface area contributed by atoms with E-state index in [4.69, 9.17) is 0 Å². The first-order valence-electron chi connectivity index (χ1n) is 6.60. The molecular formula is C13H26N2O. The molecule has 1 rings (SSSR count). The molecule has 0 aliphatic carbocycles. The predicted octanol–water partition coefficient (Wildman–Crippen LogP) is 1.88. The average molecular weight is 226 g/mol. The van der Waals surface area contributed by atoms with E-state index in [-0.39, 0.29) is 5.92 Å². The first-order chi connectivity index (χ1) is 7.65. The molecular weight excluding hydrogens is 200 g/mol. The Bertz CT molecular complexity index is 212. The summed E-state index contributed by atoms with van der Waals surface area (Å²) in [4.78, 5) is 13.9. The van der Waals surface area contributed by atoms with Crippen LogP contribution in [0.4, 0.5) is 0 Å². The number of rotatable bonds is 5. The fourth-order valence-corrected chi connectivity index (χ4v) is 2.49. The van der Waals surface area contributed by atoms with Crippen LogP contribution in [-0.4, -0.2) is 37.5 Å². The lowest BCUT2D eigenvalue weighted by atomic mass is 9.98. The van der Waals surface area contributed by atoms with Crippen LogP contribution in [0, 0.1) is 11.8 Å². The zero-order chi connectivity index (χ0) is 12.0. The molecule has 2 unspecified atom stereocenters. The Morgan fingerprint density at radius 2 is 2.31 bits per heavy atom. The van der Waals surface area contributed by atoms with Crippen LogP contribution in [0.5, 0.6) is 0 Å². The van der Waals surface area contributed by atoms with Crippen molar-refractivity contribution in [3.05, 3.63) is 0 Å².